The van der Waals surface area contributed by atoms with Gasteiger partial charge in [-0.15, -0.1) is 0 Å². The highest BCUT2D eigenvalue weighted by molar-refractivity contribution is 7.80. The Labute approximate surface area is 147 Å². The Morgan fingerprint density at radius 3 is 2.79 bits per heavy atom. The van der Waals surface area contributed by atoms with Crippen molar-refractivity contribution in [2.24, 2.45) is 11.3 Å². The summed E-state index contributed by atoms with van der Waals surface area (Å²) >= 11 is 5.40. The molecule has 1 saturated heterocycles. The summed E-state index contributed by atoms with van der Waals surface area (Å²) in [6, 6.07) is 9.29. The fourth-order valence-corrected chi connectivity index (χ4v) is 5.65. The quantitative estimate of drug-likeness (QED) is 0.855. The summed E-state index contributed by atoms with van der Waals surface area (Å²) in [5.41, 5.74) is 0.411. The van der Waals surface area contributed by atoms with Crippen molar-refractivity contribution in [3.8, 4) is 0 Å². The number of aliphatic hydroxyl groups excluding tert-OH is 1. The van der Waals surface area contributed by atoms with Crippen LogP contribution in [-0.2, 0) is 9.53 Å². The number of amides is 1. The summed E-state index contributed by atoms with van der Waals surface area (Å²) in [5, 5.41) is 10.7. The zero-order valence-electron chi connectivity index (χ0n) is 14.1. The number of rotatable bonds is 3. The van der Waals surface area contributed by atoms with E-state index < -0.39 is 6.10 Å². The molecule has 5 heteroatoms. The first-order valence-corrected chi connectivity index (χ1v) is 9.05. The summed E-state index contributed by atoms with van der Waals surface area (Å²) in [7, 11) is 0. The van der Waals surface area contributed by atoms with Gasteiger partial charge in [-0.05, 0) is 48.4 Å². The molecule has 4 nitrogen and oxygen atoms in total. The number of carbonyl (C=O) groups excluding carboxylic acids is 1. The van der Waals surface area contributed by atoms with Crippen LogP contribution in [0.2, 0.25) is 0 Å². The van der Waals surface area contributed by atoms with Crippen molar-refractivity contribution >= 4 is 23.3 Å². The van der Waals surface area contributed by atoms with Crippen LogP contribution in [0.15, 0.2) is 30.3 Å². The summed E-state index contributed by atoms with van der Waals surface area (Å²) in [5.74, 6) is 0.439. The molecule has 1 aromatic carbocycles. The predicted octanol–water partition coefficient (Wildman–Crippen LogP) is 3.20. The van der Waals surface area contributed by atoms with Crippen molar-refractivity contribution in [2.45, 2.75) is 57.3 Å². The van der Waals surface area contributed by atoms with Crippen molar-refractivity contribution in [1.29, 1.82) is 0 Å². The average molecular weight is 345 g/mol. The molecule has 1 aromatic rings. The molecule has 4 atom stereocenters. The molecule has 0 radical (unpaired) electrons. The minimum atomic E-state index is -0.821. The van der Waals surface area contributed by atoms with Gasteiger partial charge in [0.2, 0.25) is 5.91 Å². The highest BCUT2D eigenvalue weighted by atomic mass is 32.1. The molecule has 1 heterocycles. The molecule has 2 aliphatic carbocycles. The predicted molar refractivity (Wildman–Crippen MR) is 94.2 cm³/mol. The van der Waals surface area contributed by atoms with E-state index in [0.29, 0.717) is 11.1 Å². The number of hydrogen-bond acceptors (Lipinski definition) is 4. The highest BCUT2D eigenvalue weighted by Crippen LogP contribution is 2.66. The molecule has 1 N–H and O–H groups in total. The summed E-state index contributed by atoms with van der Waals surface area (Å²) in [6.45, 7) is 4.46. The Morgan fingerprint density at radius 2 is 2.12 bits per heavy atom. The van der Waals surface area contributed by atoms with E-state index in [0.717, 1.165) is 24.8 Å². The van der Waals surface area contributed by atoms with Crippen molar-refractivity contribution in [3.63, 3.8) is 0 Å². The van der Waals surface area contributed by atoms with E-state index in [-0.39, 0.29) is 29.4 Å². The van der Waals surface area contributed by atoms with Crippen LogP contribution in [0.1, 0.15) is 51.2 Å². The van der Waals surface area contributed by atoms with E-state index in [9.17, 15) is 9.90 Å². The zero-order valence-corrected chi connectivity index (χ0v) is 14.9. The van der Waals surface area contributed by atoms with Crippen LogP contribution in [0, 0.1) is 11.3 Å². The van der Waals surface area contributed by atoms with Gasteiger partial charge in [0.15, 0.2) is 0 Å². The van der Waals surface area contributed by atoms with Crippen LogP contribution in [0.4, 0.5) is 0 Å². The molecule has 2 bridgehead atoms. The fourth-order valence-electron chi connectivity index (χ4n) is 5.27. The third-order valence-corrected chi connectivity index (χ3v) is 6.95. The molecule has 0 aromatic heterocycles. The van der Waals surface area contributed by atoms with E-state index >= 15 is 0 Å². The molecule has 4 rings (SSSR count). The highest BCUT2D eigenvalue weighted by Gasteiger charge is 2.72. The van der Waals surface area contributed by atoms with Gasteiger partial charge in [0.25, 0.3) is 5.17 Å². The van der Waals surface area contributed by atoms with Gasteiger partial charge in [0.05, 0.1) is 18.1 Å². The number of nitrogens with zero attached hydrogens (tertiary/aromatic N) is 1. The number of aliphatic hydroxyl groups is 1. The maximum atomic E-state index is 13.1. The molecule has 128 valence electrons. The van der Waals surface area contributed by atoms with E-state index in [1.165, 1.54) is 0 Å². The number of hydrogen-bond donors (Lipinski definition) is 1. The van der Waals surface area contributed by atoms with Gasteiger partial charge >= 0.3 is 0 Å². The summed E-state index contributed by atoms with van der Waals surface area (Å²) in [6.07, 6.45) is 2.24. The Kier molecular flexibility index (Phi) is 3.52. The normalized spacial score (nSPS) is 34.1. The lowest BCUT2D eigenvalue weighted by atomic mass is 9.74. The molecule has 1 amide bonds. The monoisotopic (exact) mass is 345 g/mol. The Morgan fingerprint density at radius 1 is 1.42 bits per heavy atom. The van der Waals surface area contributed by atoms with Gasteiger partial charge < -0.3 is 9.84 Å². The number of carbonyl (C=O) groups is 1. The molecular weight excluding hydrogens is 322 g/mol. The molecule has 1 aliphatic heterocycles. The van der Waals surface area contributed by atoms with Crippen LogP contribution in [0.3, 0.4) is 0 Å². The molecule has 24 heavy (non-hydrogen) atoms. The first kappa shape index (κ1) is 16.0. The van der Waals surface area contributed by atoms with Crippen LogP contribution >= 0.6 is 12.2 Å². The third-order valence-electron chi connectivity index (χ3n) is 6.67. The Balaban J connectivity index is 1.61. The zero-order chi connectivity index (χ0) is 17.1. The number of thiocarbonyl (C=S) groups is 1. The van der Waals surface area contributed by atoms with Gasteiger partial charge in [0.1, 0.15) is 6.10 Å². The second kappa shape index (κ2) is 5.27. The van der Waals surface area contributed by atoms with Crippen molar-refractivity contribution < 1.29 is 14.6 Å². The lowest BCUT2D eigenvalue weighted by Crippen LogP contribution is -2.57. The lowest BCUT2D eigenvalue weighted by molar-refractivity contribution is -0.135. The topological polar surface area (TPSA) is 49.8 Å². The van der Waals surface area contributed by atoms with Gasteiger partial charge in [-0.1, -0.05) is 44.2 Å². The van der Waals surface area contributed by atoms with Crippen molar-refractivity contribution in [3.05, 3.63) is 35.9 Å². The van der Waals surface area contributed by atoms with Crippen LogP contribution in [-0.4, -0.2) is 32.7 Å². The van der Waals surface area contributed by atoms with E-state index in [4.69, 9.17) is 17.0 Å². The maximum absolute atomic E-state index is 13.1. The fraction of sp³-hybridized carbons (Fsp3) is 0.579. The van der Waals surface area contributed by atoms with E-state index in [1.54, 1.807) is 4.90 Å². The SMILES string of the molecule is CC1(C)[C@@H]2CC[C@@]13[C@@H](C2)OC(=S)N3C(=O)C[C@H](O)c1ccccc1. The van der Waals surface area contributed by atoms with E-state index in [1.807, 2.05) is 30.3 Å². The van der Waals surface area contributed by atoms with E-state index in [2.05, 4.69) is 13.8 Å². The van der Waals surface area contributed by atoms with Crippen LogP contribution in [0.25, 0.3) is 0 Å². The smallest absolute Gasteiger partial charge is 0.267 e. The largest absolute Gasteiger partial charge is 0.465 e. The molecular formula is C19H23NO3S. The number of fused-ring (bicyclic) bond motifs is 1. The summed E-state index contributed by atoms with van der Waals surface area (Å²) < 4.78 is 5.92. The van der Waals surface area contributed by atoms with Crippen LogP contribution in [0.5, 0.6) is 0 Å². The second-order valence-corrected chi connectivity index (χ2v) is 8.20. The molecule has 1 spiro atoms. The molecule has 2 saturated carbocycles. The third kappa shape index (κ3) is 1.94. The number of benzene rings is 1. The molecule has 3 aliphatic rings. The Hall–Kier alpha value is -1.46. The average Bonchev–Trinajstić information content (AvgIpc) is 3.07. The maximum Gasteiger partial charge on any atom is 0.267 e. The van der Waals surface area contributed by atoms with Gasteiger partial charge in [0, 0.05) is 0 Å². The Bertz CT molecular complexity index is 689. The van der Waals surface area contributed by atoms with Crippen molar-refractivity contribution in [2.75, 3.05) is 0 Å². The van der Waals surface area contributed by atoms with Gasteiger partial charge in [-0.25, -0.2) is 0 Å². The lowest BCUT2D eigenvalue weighted by Gasteiger charge is -2.42. The number of ether oxygens (including phenoxy) is 1. The minimum Gasteiger partial charge on any atom is -0.465 e. The first-order chi connectivity index (χ1) is 11.4. The minimum absolute atomic E-state index is 0.00835. The summed E-state index contributed by atoms with van der Waals surface area (Å²) in [4.78, 5) is 14.8. The molecule has 3 fully saturated rings. The van der Waals surface area contributed by atoms with Crippen LogP contribution < -0.4 is 0 Å². The second-order valence-electron chi connectivity index (χ2n) is 7.85. The van der Waals surface area contributed by atoms with Crippen molar-refractivity contribution in [1.82, 2.24) is 4.90 Å². The van der Waals surface area contributed by atoms with Gasteiger partial charge in [-0.2, -0.15) is 0 Å². The standard InChI is InChI=1S/C19H23NO3S/c1-18(2)13-8-9-19(18)15(10-13)23-17(24)20(19)16(22)11-14(21)12-6-4-3-5-7-12/h3-7,13-15,21H,8-11H2,1-2H3/t13-,14+,15-,19-/m1/s1. The molecule has 0 unspecified atom stereocenters. The van der Waals surface area contributed by atoms with Gasteiger partial charge in [-0.3, -0.25) is 9.69 Å². The first-order valence-electron chi connectivity index (χ1n) is 8.64.